The van der Waals surface area contributed by atoms with Crippen molar-refractivity contribution in [2.75, 3.05) is 34.4 Å². The molecule has 1 N–H and O–H groups in total. The fraction of sp³-hybridized carbons (Fsp3) is 0.474. The molecule has 1 aromatic carbocycles. The summed E-state index contributed by atoms with van der Waals surface area (Å²) in [5.74, 6) is 1.12. The lowest BCUT2D eigenvalue weighted by Gasteiger charge is -2.59. The molecule has 6 heteroatoms. The molecular formula is C19H23NO5. The summed E-state index contributed by atoms with van der Waals surface area (Å²) < 4.78 is 15.9. The third-order valence-corrected chi connectivity index (χ3v) is 5.90. The maximum atomic E-state index is 13.8. The highest BCUT2D eigenvalue weighted by atomic mass is 16.6. The van der Waals surface area contributed by atoms with Crippen LogP contribution in [0.5, 0.6) is 11.5 Å². The minimum Gasteiger partial charge on any atom is -0.632 e. The van der Waals surface area contributed by atoms with Crippen molar-refractivity contribution >= 4 is 0 Å². The number of rotatable bonds is 3. The molecule has 4 atom stereocenters. The normalized spacial score (nSPS) is 35.5. The summed E-state index contributed by atoms with van der Waals surface area (Å²) in [6, 6.07) is 3.65. The monoisotopic (exact) mass is 345 g/mol. The fourth-order valence-corrected chi connectivity index (χ4v) is 4.65. The SMILES string of the molecule is COc1cc2c(cc1OC)C13CC(OC)C=CC1=CC[N+]3([O-])CC2O. The first kappa shape index (κ1) is 16.6. The summed E-state index contributed by atoms with van der Waals surface area (Å²) >= 11 is 0. The molecule has 0 amide bonds. The van der Waals surface area contributed by atoms with Gasteiger partial charge in [-0.1, -0.05) is 12.2 Å². The summed E-state index contributed by atoms with van der Waals surface area (Å²) in [4.78, 5) is 0. The molecular weight excluding hydrogens is 322 g/mol. The maximum Gasteiger partial charge on any atom is 0.161 e. The van der Waals surface area contributed by atoms with Crippen molar-refractivity contribution in [3.8, 4) is 11.5 Å². The molecule has 6 nitrogen and oxygen atoms in total. The van der Waals surface area contributed by atoms with Gasteiger partial charge in [0.15, 0.2) is 17.0 Å². The smallest absolute Gasteiger partial charge is 0.161 e. The van der Waals surface area contributed by atoms with Gasteiger partial charge < -0.3 is 29.2 Å². The minimum atomic E-state index is -0.836. The van der Waals surface area contributed by atoms with Crippen LogP contribution in [0.25, 0.3) is 0 Å². The van der Waals surface area contributed by atoms with E-state index >= 15 is 0 Å². The minimum absolute atomic E-state index is 0.118. The lowest BCUT2D eigenvalue weighted by molar-refractivity contribution is -0.930. The molecule has 3 aliphatic rings. The Bertz CT molecular complexity index is 773. The zero-order chi connectivity index (χ0) is 17.8. The van der Waals surface area contributed by atoms with E-state index in [1.165, 1.54) is 0 Å². The molecule has 0 radical (unpaired) electrons. The third kappa shape index (κ3) is 2.05. The summed E-state index contributed by atoms with van der Waals surface area (Å²) in [5, 5.41) is 24.5. The van der Waals surface area contributed by atoms with Gasteiger partial charge in [0, 0.05) is 24.7 Å². The number of hydrogen-bond donors (Lipinski definition) is 1. The van der Waals surface area contributed by atoms with Crippen LogP contribution in [0.1, 0.15) is 23.7 Å². The Morgan fingerprint density at radius 1 is 1.20 bits per heavy atom. The van der Waals surface area contributed by atoms with Crippen molar-refractivity contribution in [1.82, 2.24) is 0 Å². The van der Waals surface area contributed by atoms with E-state index < -0.39 is 16.3 Å². The number of methoxy groups -OCH3 is 3. The van der Waals surface area contributed by atoms with Crippen LogP contribution in [0.2, 0.25) is 0 Å². The van der Waals surface area contributed by atoms with Gasteiger partial charge in [0.25, 0.3) is 0 Å². The predicted octanol–water partition coefficient (Wildman–Crippen LogP) is 2.18. The maximum absolute atomic E-state index is 13.8. The van der Waals surface area contributed by atoms with E-state index in [0.29, 0.717) is 24.5 Å². The second-order valence-corrected chi connectivity index (χ2v) is 6.92. The first-order valence-corrected chi connectivity index (χ1v) is 8.43. The van der Waals surface area contributed by atoms with E-state index in [0.717, 1.165) is 16.7 Å². The number of benzene rings is 1. The third-order valence-electron chi connectivity index (χ3n) is 5.90. The van der Waals surface area contributed by atoms with Gasteiger partial charge in [-0.05, 0) is 23.8 Å². The zero-order valence-electron chi connectivity index (χ0n) is 14.7. The average molecular weight is 345 g/mol. The van der Waals surface area contributed by atoms with Gasteiger partial charge in [-0.3, -0.25) is 0 Å². The Kier molecular flexibility index (Phi) is 3.70. The summed E-state index contributed by atoms with van der Waals surface area (Å²) in [7, 11) is 4.80. The van der Waals surface area contributed by atoms with Crippen LogP contribution in [0.4, 0.5) is 0 Å². The van der Waals surface area contributed by atoms with E-state index in [2.05, 4.69) is 0 Å². The molecule has 134 valence electrons. The number of nitrogens with zero attached hydrogens (tertiary/aromatic N) is 1. The number of fused-ring (bicyclic) bond motifs is 1. The zero-order valence-corrected chi connectivity index (χ0v) is 14.7. The Hall–Kier alpha value is -1.86. The fourth-order valence-electron chi connectivity index (χ4n) is 4.65. The molecule has 2 aliphatic heterocycles. The number of aliphatic hydroxyl groups is 1. The number of quaternary nitrogens is 1. The van der Waals surface area contributed by atoms with E-state index in [4.69, 9.17) is 14.2 Å². The Balaban J connectivity index is 1.99. The lowest BCUT2D eigenvalue weighted by Crippen LogP contribution is -2.62. The van der Waals surface area contributed by atoms with Gasteiger partial charge in [-0.2, -0.15) is 0 Å². The molecule has 1 aromatic rings. The van der Waals surface area contributed by atoms with Gasteiger partial charge in [0.2, 0.25) is 0 Å². The van der Waals surface area contributed by atoms with Crippen LogP contribution in [0.3, 0.4) is 0 Å². The Labute approximate surface area is 147 Å². The number of ether oxygens (including phenoxy) is 3. The van der Waals surface area contributed by atoms with Crippen LogP contribution in [-0.4, -0.2) is 50.3 Å². The second kappa shape index (κ2) is 5.57. The van der Waals surface area contributed by atoms with E-state index in [1.54, 1.807) is 27.4 Å². The van der Waals surface area contributed by atoms with Crippen molar-refractivity contribution < 1.29 is 24.0 Å². The molecule has 0 bridgehead atoms. The van der Waals surface area contributed by atoms with Crippen LogP contribution in [0, 0.1) is 5.21 Å². The molecule has 0 fully saturated rings. The standard InChI is InChI=1S/C19H23NO5/c1-23-13-5-4-12-6-7-20(22)11-16(21)14-8-17(24-2)18(25-3)9-15(14)19(12,20)10-13/h4-6,8-9,13,16,21H,7,10-11H2,1-3H3. The van der Waals surface area contributed by atoms with Crippen molar-refractivity contribution in [3.63, 3.8) is 0 Å². The van der Waals surface area contributed by atoms with Gasteiger partial charge in [0.1, 0.15) is 12.6 Å². The molecule has 4 unspecified atom stereocenters. The number of hydroxylamine groups is 3. The summed E-state index contributed by atoms with van der Waals surface area (Å²) in [6.45, 7) is 0.466. The van der Waals surface area contributed by atoms with Crippen LogP contribution >= 0.6 is 0 Å². The molecule has 0 aromatic heterocycles. The molecule has 0 saturated heterocycles. The number of aliphatic hydroxyl groups excluding tert-OH is 1. The van der Waals surface area contributed by atoms with Crippen LogP contribution < -0.4 is 9.47 Å². The predicted molar refractivity (Wildman–Crippen MR) is 92.2 cm³/mol. The molecule has 2 heterocycles. The largest absolute Gasteiger partial charge is 0.632 e. The summed E-state index contributed by atoms with van der Waals surface area (Å²) in [6.07, 6.45) is 5.56. The first-order chi connectivity index (χ1) is 12.0. The second-order valence-electron chi connectivity index (χ2n) is 6.92. The molecule has 0 saturated carbocycles. The van der Waals surface area contributed by atoms with Gasteiger partial charge in [-0.25, -0.2) is 0 Å². The topological polar surface area (TPSA) is 71.0 Å². The van der Waals surface area contributed by atoms with Crippen molar-refractivity contribution in [1.29, 1.82) is 0 Å². The molecule has 1 spiro atoms. The quantitative estimate of drug-likeness (QED) is 0.672. The number of hydrogen-bond acceptors (Lipinski definition) is 5. The van der Waals surface area contributed by atoms with Crippen LogP contribution in [-0.2, 0) is 10.3 Å². The first-order valence-electron chi connectivity index (χ1n) is 8.43. The van der Waals surface area contributed by atoms with Crippen LogP contribution in [0.15, 0.2) is 35.9 Å². The van der Waals surface area contributed by atoms with Gasteiger partial charge >= 0.3 is 0 Å². The van der Waals surface area contributed by atoms with Crippen molar-refractivity contribution in [3.05, 3.63) is 52.3 Å². The highest BCUT2D eigenvalue weighted by molar-refractivity contribution is 5.56. The van der Waals surface area contributed by atoms with Crippen molar-refractivity contribution in [2.24, 2.45) is 0 Å². The van der Waals surface area contributed by atoms with E-state index in [9.17, 15) is 10.3 Å². The average Bonchev–Trinajstić information content (AvgIpc) is 2.93. The summed E-state index contributed by atoms with van der Waals surface area (Å²) in [5.41, 5.74) is 1.77. The van der Waals surface area contributed by atoms with Crippen molar-refractivity contribution in [2.45, 2.75) is 24.2 Å². The Morgan fingerprint density at radius 3 is 2.60 bits per heavy atom. The molecule has 25 heavy (non-hydrogen) atoms. The molecule has 1 aliphatic carbocycles. The van der Waals surface area contributed by atoms with E-state index in [1.807, 2.05) is 24.3 Å². The molecule has 4 rings (SSSR count). The van der Waals surface area contributed by atoms with Gasteiger partial charge in [0.05, 0.1) is 26.9 Å². The Morgan fingerprint density at radius 2 is 1.92 bits per heavy atom. The highest BCUT2D eigenvalue weighted by Gasteiger charge is 2.59. The van der Waals surface area contributed by atoms with E-state index in [-0.39, 0.29) is 12.6 Å². The lowest BCUT2D eigenvalue weighted by atomic mass is 9.70. The van der Waals surface area contributed by atoms with Gasteiger partial charge in [-0.15, -0.1) is 0 Å². The highest BCUT2D eigenvalue weighted by Crippen LogP contribution is 2.57.